The Morgan fingerprint density at radius 3 is 2.47 bits per heavy atom. The van der Waals surface area contributed by atoms with Crippen LogP contribution in [-0.2, 0) is 0 Å². The fourth-order valence-electron chi connectivity index (χ4n) is 3.32. The molecule has 0 aliphatic heterocycles. The number of benzene rings is 3. The van der Waals surface area contributed by atoms with Crippen LogP contribution < -0.4 is 9.47 Å². The minimum Gasteiger partial charge on any atom is -0.493 e. The second kappa shape index (κ2) is 8.08. The lowest BCUT2D eigenvalue weighted by atomic mass is 9.99. The molecular formula is C23H18N2O5. The van der Waals surface area contributed by atoms with Crippen molar-refractivity contribution in [2.24, 2.45) is 0 Å². The van der Waals surface area contributed by atoms with E-state index in [0.717, 1.165) is 10.9 Å². The first-order chi connectivity index (χ1) is 14.6. The molecule has 0 saturated carbocycles. The van der Waals surface area contributed by atoms with E-state index < -0.39 is 11.0 Å². The molecule has 0 fully saturated rings. The molecule has 1 aromatic heterocycles. The summed E-state index contributed by atoms with van der Waals surface area (Å²) < 4.78 is 11.3. The summed E-state index contributed by atoms with van der Waals surface area (Å²) >= 11 is 0. The molecule has 150 valence electrons. The summed E-state index contributed by atoms with van der Waals surface area (Å²) in [5, 5.41) is 12.0. The molecule has 0 unspecified atom stereocenters. The summed E-state index contributed by atoms with van der Waals surface area (Å²) in [6, 6.07) is 20.5. The van der Waals surface area contributed by atoms with Crippen LogP contribution in [0.2, 0.25) is 0 Å². The van der Waals surface area contributed by atoms with Crippen molar-refractivity contribution in [2.45, 2.75) is 6.10 Å². The number of methoxy groups -OCH3 is 1. The van der Waals surface area contributed by atoms with E-state index in [9.17, 15) is 14.9 Å². The van der Waals surface area contributed by atoms with Gasteiger partial charge in [0.1, 0.15) is 0 Å². The van der Waals surface area contributed by atoms with Crippen molar-refractivity contribution < 1.29 is 19.2 Å². The quantitative estimate of drug-likeness (QED) is 0.264. The molecule has 0 aliphatic carbocycles. The van der Waals surface area contributed by atoms with E-state index in [1.165, 1.54) is 25.3 Å². The normalized spacial score (nSPS) is 11.8. The molecule has 0 bridgehead atoms. The van der Waals surface area contributed by atoms with Crippen LogP contribution in [0.5, 0.6) is 11.5 Å². The maximum absolute atomic E-state index is 13.5. The standard InChI is InChI=1S/C23H18N2O5/c1-29-20-12-11-16(25(27)28)13-21(20)30-23(15-7-3-2-4-8-15)22(26)18-14-24-19-10-6-5-9-17(18)19/h2-14,23-24H,1H3/t23-/m0/s1. The van der Waals surface area contributed by atoms with Gasteiger partial charge >= 0.3 is 0 Å². The lowest BCUT2D eigenvalue weighted by Gasteiger charge is -2.20. The highest BCUT2D eigenvalue weighted by molar-refractivity contribution is 6.10. The average Bonchev–Trinajstić information content (AvgIpc) is 3.21. The summed E-state index contributed by atoms with van der Waals surface area (Å²) in [6.45, 7) is 0. The topological polar surface area (TPSA) is 94.5 Å². The Kier molecular flexibility index (Phi) is 5.17. The van der Waals surface area contributed by atoms with Crippen LogP contribution in [0.1, 0.15) is 22.0 Å². The van der Waals surface area contributed by atoms with E-state index in [-0.39, 0.29) is 17.2 Å². The maximum Gasteiger partial charge on any atom is 0.273 e. The van der Waals surface area contributed by atoms with Gasteiger partial charge in [-0.25, -0.2) is 0 Å². The molecule has 1 atom stereocenters. The van der Waals surface area contributed by atoms with Gasteiger partial charge in [-0.3, -0.25) is 14.9 Å². The first-order valence-electron chi connectivity index (χ1n) is 9.23. The molecular weight excluding hydrogens is 384 g/mol. The highest BCUT2D eigenvalue weighted by Crippen LogP contribution is 2.36. The van der Waals surface area contributed by atoms with Gasteiger partial charge in [0.25, 0.3) is 5.69 Å². The Morgan fingerprint density at radius 2 is 1.73 bits per heavy atom. The number of nitrogens with one attached hydrogen (secondary N) is 1. The number of hydrogen-bond acceptors (Lipinski definition) is 5. The number of nitrogens with zero attached hydrogens (tertiary/aromatic N) is 1. The number of para-hydroxylation sites is 1. The Hall–Kier alpha value is -4.13. The van der Waals surface area contributed by atoms with E-state index in [1.807, 2.05) is 30.3 Å². The van der Waals surface area contributed by atoms with Gasteiger partial charge in [-0.2, -0.15) is 0 Å². The summed E-state index contributed by atoms with van der Waals surface area (Å²) in [7, 11) is 1.44. The highest BCUT2D eigenvalue weighted by atomic mass is 16.6. The number of carbonyl (C=O) groups excluding carboxylic acids is 1. The van der Waals surface area contributed by atoms with E-state index in [1.54, 1.807) is 30.5 Å². The van der Waals surface area contributed by atoms with Crippen LogP contribution in [0.4, 0.5) is 5.69 Å². The number of aromatic amines is 1. The monoisotopic (exact) mass is 402 g/mol. The molecule has 0 amide bonds. The summed E-state index contributed by atoms with van der Waals surface area (Å²) in [6.07, 6.45) is 0.637. The first kappa shape index (κ1) is 19.2. The van der Waals surface area contributed by atoms with Crippen LogP contribution >= 0.6 is 0 Å². The largest absolute Gasteiger partial charge is 0.493 e. The van der Waals surface area contributed by atoms with Crippen LogP contribution in [0.3, 0.4) is 0 Å². The van der Waals surface area contributed by atoms with Gasteiger partial charge in [-0.15, -0.1) is 0 Å². The molecule has 7 nitrogen and oxygen atoms in total. The van der Waals surface area contributed by atoms with Crippen molar-refractivity contribution in [3.63, 3.8) is 0 Å². The fraction of sp³-hybridized carbons (Fsp3) is 0.0870. The van der Waals surface area contributed by atoms with E-state index >= 15 is 0 Å². The maximum atomic E-state index is 13.5. The number of H-pyrrole nitrogens is 1. The van der Waals surface area contributed by atoms with Crippen molar-refractivity contribution in [2.75, 3.05) is 7.11 Å². The summed E-state index contributed by atoms with van der Waals surface area (Å²) in [5.74, 6) is 0.147. The van der Waals surface area contributed by atoms with Crippen molar-refractivity contribution in [1.29, 1.82) is 0 Å². The van der Waals surface area contributed by atoms with Gasteiger partial charge in [0, 0.05) is 34.3 Å². The second-order valence-electron chi connectivity index (χ2n) is 6.61. The molecule has 30 heavy (non-hydrogen) atoms. The predicted molar refractivity (Wildman–Crippen MR) is 112 cm³/mol. The van der Waals surface area contributed by atoms with Crippen LogP contribution in [-0.4, -0.2) is 22.8 Å². The molecule has 1 heterocycles. The van der Waals surface area contributed by atoms with Gasteiger partial charge < -0.3 is 14.5 Å². The minimum absolute atomic E-state index is 0.119. The fourth-order valence-corrected chi connectivity index (χ4v) is 3.32. The minimum atomic E-state index is -1.01. The number of Topliss-reactive ketones (excluding diaryl/α,β-unsaturated/α-hetero) is 1. The number of ketones is 1. The van der Waals surface area contributed by atoms with Crippen LogP contribution in [0, 0.1) is 10.1 Å². The number of nitro benzene ring substituents is 1. The predicted octanol–water partition coefficient (Wildman–Crippen LogP) is 5.09. The first-order valence-corrected chi connectivity index (χ1v) is 9.23. The average molecular weight is 402 g/mol. The number of non-ortho nitro benzene ring substituents is 1. The number of ether oxygens (including phenoxy) is 2. The van der Waals surface area contributed by atoms with Gasteiger partial charge in [-0.05, 0) is 12.1 Å². The molecule has 0 aliphatic rings. The Morgan fingerprint density at radius 1 is 1.00 bits per heavy atom. The molecule has 0 radical (unpaired) electrons. The van der Waals surface area contributed by atoms with Crippen molar-refractivity contribution in [3.8, 4) is 11.5 Å². The number of nitro groups is 1. The van der Waals surface area contributed by atoms with Crippen LogP contribution in [0.25, 0.3) is 10.9 Å². The molecule has 3 aromatic carbocycles. The molecule has 0 spiro atoms. The summed E-state index contributed by atoms with van der Waals surface area (Å²) in [5.41, 5.74) is 1.78. The smallest absolute Gasteiger partial charge is 0.273 e. The zero-order valence-corrected chi connectivity index (χ0v) is 16.1. The third-order valence-electron chi connectivity index (χ3n) is 4.80. The number of fused-ring (bicyclic) bond motifs is 1. The van der Waals surface area contributed by atoms with Crippen molar-refractivity contribution >= 4 is 22.4 Å². The number of aromatic nitrogens is 1. The highest BCUT2D eigenvalue weighted by Gasteiger charge is 2.28. The molecule has 4 aromatic rings. The third kappa shape index (κ3) is 3.60. The summed E-state index contributed by atoms with van der Waals surface area (Å²) in [4.78, 5) is 27.3. The Balaban J connectivity index is 1.79. The molecule has 7 heteroatoms. The molecule has 1 N–H and O–H groups in total. The Labute approximate surface area is 172 Å². The zero-order valence-electron chi connectivity index (χ0n) is 16.1. The van der Waals surface area contributed by atoms with Gasteiger partial charge in [0.2, 0.25) is 5.78 Å². The molecule has 4 rings (SSSR count). The Bertz CT molecular complexity index is 1220. The lowest BCUT2D eigenvalue weighted by Crippen LogP contribution is -2.19. The number of hydrogen-bond donors (Lipinski definition) is 1. The molecule has 0 saturated heterocycles. The van der Waals surface area contributed by atoms with E-state index in [0.29, 0.717) is 16.9 Å². The van der Waals surface area contributed by atoms with E-state index in [2.05, 4.69) is 4.98 Å². The van der Waals surface area contributed by atoms with Crippen molar-refractivity contribution in [3.05, 3.63) is 100 Å². The van der Waals surface area contributed by atoms with Gasteiger partial charge in [-0.1, -0.05) is 48.5 Å². The van der Waals surface area contributed by atoms with E-state index in [4.69, 9.17) is 9.47 Å². The lowest BCUT2D eigenvalue weighted by molar-refractivity contribution is -0.385. The van der Waals surface area contributed by atoms with Gasteiger partial charge in [0.05, 0.1) is 18.1 Å². The number of rotatable bonds is 7. The SMILES string of the molecule is COc1ccc([N+](=O)[O-])cc1O[C@H](C(=O)c1c[nH]c2ccccc12)c1ccccc1. The second-order valence-corrected chi connectivity index (χ2v) is 6.61. The zero-order chi connectivity index (χ0) is 21.1. The number of carbonyl (C=O) groups is 1. The third-order valence-corrected chi connectivity index (χ3v) is 4.80. The van der Waals surface area contributed by atoms with Crippen molar-refractivity contribution in [1.82, 2.24) is 4.98 Å². The van der Waals surface area contributed by atoms with Crippen LogP contribution in [0.15, 0.2) is 79.0 Å². The van der Waals surface area contributed by atoms with Gasteiger partial charge in [0.15, 0.2) is 17.6 Å².